The minimum atomic E-state index is 0.00890. The molecule has 0 aromatic carbocycles. The predicted octanol–water partition coefficient (Wildman–Crippen LogP) is 1.07. The smallest absolute Gasteiger partial charge is 0.233 e. The lowest BCUT2D eigenvalue weighted by Crippen LogP contribution is -2.33. The lowest BCUT2D eigenvalue weighted by Gasteiger charge is -2.04. The average Bonchev–Trinajstić information content (AvgIpc) is 2.21. The molecule has 0 saturated heterocycles. The summed E-state index contributed by atoms with van der Waals surface area (Å²) >= 11 is 3.31. The molecular weight excluding hydrogens is 258 g/mol. The number of carbonyl (C=O) groups is 1. The summed E-state index contributed by atoms with van der Waals surface area (Å²) in [7, 11) is 0. The summed E-state index contributed by atoms with van der Waals surface area (Å²) in [5, 5.41) is 5.73. The molecule has 0 aliphatic rings. The first-order valence-corrected chi connectivity index (χ1v) is 5.59. The quantitative estimate of drug-likeness (QED) is 0.843. The van der Waals surface area contributed by atoms with Crippen LogP contribution >= 0.6 is 15.9 Å². The van der Waals surface area contributed by atoms with Gasteiger partial charge in [-0.3, -0.25) is 9.78 Å². The zero-order chi connectivity index (χ0) is 11.1. The van der Waals surface area contributed by atoms with Crippen LogP contribution in [0, 0.1) is 0 Å². The van der Waals surface area contributed by atoms with Crippen LogP contribution in [0.15, 0.2) is 22.8 Å². The van der Waals surface area contributed by atoms with Gasteiger partial charge in [-0.25, -0.2) is 0 Å². The van der Waals surface area contributed by atoms with E-state index in [1.165, 1.54) is 0 Å². The van der Waals surface area contributed by atoms with Crippen LogP contribution in [0.5, 0.6) is 0 Å². The third-order valence-electron chi connectivity index (χ3n) is 1.75. The number of amides is 1. The average molecular weight is 272 g/mol. The van der Waals surface area contributed by atoms with E-state index in [-0.39, 0.29) is 5.91 Å². The molecule has 0 unspecified atom stereocenters. The Morgan fingerprint density at radius 1 is 1.53 bits per heavy atom. The summed E-state index contributed by atoms with van der Waals surface area (Å²) in [6.45, 7) is 3.49. The van der Waals surface area contributed by atoms with Gasteiger partial charge in [-0.2, -0.15) is 0 Å². The standard InChI is InChI=1S/C10H14BrN3O/c1-2-13-10(15)7-12-6-9-4-3-8(11)5-14-9/h3-5,12H,2,6-7H2,1H3,(H,13,15). The highest BCUT2D eigenvalue weighted by molar-refractivity contribution is 9.10. The number of halogens is 1. The highest BCUT2D eigenvalue weighted by Crippen LogP contribution is 2.06. The SMILES string of the molecule is CCNC(=O)CNCc1ccc(Br)cn1. The van der Waals surface area contributed by atoms with Crippen molar-refractivity contribution >= 4 is 21.8 Å². The molecular formula is C10H14BrN3O. The summed E-state index contributed by atoms with van der Waals surface area (Å²) in [5.41, 5.74) is 0.919. The Kier molecular flexibility index (Phi) is 5.28. The van der Waals surface area contributed by atoms with Crippen LogP contribution < -0.4 is 10.6 Å². The summed E-state index contributed by atoms with van der Waals surface area (Å²) in [4.78, 5) is 15.3. The molecule has 0 aliphatic carbocycles. The van der Waals surface area contributed by atoms with Gasteiger partial charge in [-0.05, 0) is 35.0 Å². The number of likely N-dealkylation sites (N-methyl/N-ethyl adjacent to an activating group) is 1. The molecule has 0 aliphatic heterocycles. The van der Waals surface area contributed by atoms with Crippen molar-refractivity contribution in [2.75, 3.05) is 13.1 Å². The van der Waals surface area contributed by atoms with E-state index in [2.05, 4.69) is 31.5 Å². The van der Waals surface area contributed by atoms with E-state index in [1.54, 1.807) is 6.20 Å². The van der Waals surface area contributed by atoms with Crippen LogP contribution in [-0.2, 0) is 11.3 Å². The van der Waals surface area contributed by atoms with Crippen molar-refractivity contribution in [2.45, 2.75) is 13.5 Å². The molecule has 1 heterocycles. The first-order valence-electron chi connectivity index (χ1n) is 4.80. The zero-order valence-electron chi connectivity index (χ0n) is 8.59. The van der Waals surface area contributed by atoms with Crippen LogP contribution in [0.1, 0.15) is 12.6 Å². The number of rotatable bonds is 5. The van der Waals surface area contributed by atoms with Crippen LogP contribution in [0.3, 0.4) is 0 Å². The maximum Gasteiger partial charge on any atom is 0.233 e. The Bertz CT molecular complexity index is 313. The van der Waals surface area contributed by atoms with Gasteiger partial charge >= 0.3 is 0 Å². The second kappa shape index (κ2) is 6.53. The number of pyridine rings is 1. The van der Waals surface area contributed by atoms with E-state index in [9.17, 15) is 4.79 Å². The molecule has 1 aromatic rings. The van der Waals surface area contributed by atoms with Crippen LogP contribution in [0.2, 0.25) is 0 Å². The Morgan fingerprint density at radius 3 is 2.93 bits per heavy atom. The molecule has 1 amide bonds. The molecule has 0 bridgehead atoms. The minimum Gasteiger partial charge on any atom is -0.355 e. The molecule has 15 heavy (non-hydrogen) atoms. The summed E-state index contributed by atoms with van der Waals surface area (Å²) in [6, 6.07) is 3.84. The van der Waals surface area contributed by atoms with Crippen molar-refractivity contribution in [1.82, 2.24) is 15.6 Å². The fraction of sp³-hybridized carbons (Fsp3) is 0.400. The van der Waals surface area contributed by atoms with Crippen molar-refractivity contribution in [2.24, 2.45) is 0 Å². The molecule has 2 N–H and O–H groups in total. The third-order valence-corrected chi connectivity index (χ3v) is 2.22. The lowest BCUT2D eigenvalue weighted by atomic mass is 10.3. The molecule has 5 heteroatoms. The summed E-state index contributed by atoms with van der Waals surface area (Å²) in [5.74, 6) is 0.00890. The van der Waals surface area contributed by atoms with Crippen molar-refractivity contribution in [3.8, 4) is 0 Å². The van der Waals surface area contributed by atoms with Crippen LogP contribution in [0.25, 0.3) is 0 Å². The van der Waals surface area contributed by atoms with Crippen molar-refractivity contribution in [3.05, 3.63) is 28.5 Å². The Balaban J connectivity index is 2.26. The molecule has 1 aromatic heterocycles. The maximum absolute atomic E-state index is 11.1. The van der Waals surface area contributed by atoms with Crippen molar-refractivity contribution < 1.29 is 4.79 Å². The molecule has 0 fully saturated rings. The molecule has 4 nitrogen and oxygen atoms in total. The van der Waals surface area contributed by atoms with E-state index in [0.717, 1.165) is 10.2 Å². The fourth-order valence-electron chi connectivity index (χ4n) is 1.07. The third kappa shape index (κ3) is 4.90. The number of nitrogens with zero attached hydrogens (tertiary/aromatic N) is 1. The van der Waals surface area contributed by atoms with Gasteiger partial charge in [0, 0.05) is 23.8 Å². The molecule has 1 rings (SSSR count). The largest absolute Gasteiger partial charge is 0.355 e. The van der Waals surface area contributed by atoms with Gasteiger partial charge in [0.15, 0.2) is 0 Å². The van der Waals surface area contributed by atoms with E-state index < -0.39 is 0 Å². The van der Waals surface area contributed by atoms with Crippen LogP contribution in [0.4, 0.5) is 0 Å². The molecule has 0 atom stereocenters. The monoisotopic (exact) mass is 271 g/mol. The number of hydrogen-bond acceptors (Lipinski definition) is 3. The molecule has 0 spiro atoms. The number of carbonyl (C=O) groups excluding carboxylic acids is 1. The Labute approximate surface area is 97.6 Å². The maximum atomic E-state index is 11.1. The van der Waals surface area contributed by atoms with Gasteiger partial charge in [0.2, 0.25) is 5.91 Å². The van der Waals surface area contributed by atoms with Gasteiger partial charge in [0.1, 0.15) is 0 Å². The molecule has 82 valence electrons. The van der Waals surface area contributed by atoms with Gasteiger partial charge < -0.3 is 10.6 Å². The molecule has 0 radical (unpaired) electrons. The van der Waals surface area contributed by atoms with Crippen LogP contribution in [-0.4, -0.2) is 24.0 Å². The van der Waals surface area contributed by atoms with E-state index in [4.69, 9.17) is 0 Å². The van der Waals surface area contributed by atoms with Crippen molar-refractivity contribution in [3.63, 3.8) is 0 Å². The second-order valence-corrected chi connectivity index (χ2v) is 3.94. The van der Waals surface area contributed by atoms with E-state index in [0.29, 0.717) is 19.6 Å². The number of nitrogens with one attached hydrogen (secondary N) is 2. The molecule has 0 saturated carbocycles. The topological polar surface area (TPSA) is 54.0 Å². The summed E-state index contributed by atoms with van der Waals surface area (Å²) in [6.07, 6.45) is 1.74. The van der Waals surface area contributed by atoms with Gasteiger partial charge in [-0.15, -0.1) is 0 Å². The fourth-order valence-corrected chi connectivity index (χ4v) is 1.31. The highest BCUT2D eigenvalue weighted by Gasteiger charge is 1.99. The van der Waals surface area contributed by atoms with Gasteiger partial charge in [0.05, 0.1) is 12.2 Å². The van der Waals surface area contributed by atoms with E-state index >= 15 is 0 Å². The zero-order valence-corrected chi connectivity index (χ0v) is 10.2. The minimum absolute atomic E-state index is 0.00890. The first-order chi connectivity index (χ1) is 7.22. The Hall–Kier alpha value is -0.940. The Morgan fingerprint density at radius 2 is 2.33 bits per heavy atom. The number of aromatic nitrogens is 1. The number of hydrogen-bond donors (Lipinski definition) is 2. The first kappa shape index (κ1) is 12.1. The lowest BCUT2D eigenvalue weighted by molar-refractivity contribution is -0.120. The van der Waals surface area contributed by atoms with Gasteiger partial charge in [-0.1, -0.05) is 0 Å². The normalized spacial score (nSPS) is 10.0. The second-order valence-electron chi connectivity index (χ2n) is 3.02. The summed E-state index contributed by atoms with van der Waals surface area (Å²) < 4.78 is 0.954. The highest BCUT2D eigenvalue weighted by atomic mass is 79.9. The van der Waals surface area contributed by atoms with E-state index in [1.807, 2.05) is 19.1 Å². The van der Waals surface area contributed by atoms with Crippen molar-refractivity contribution in [1.29, 1.82) is 0 Å². The predicted molar refractivity (Wildman–Crippen MR) is 62.3 cm³/mol. The van der Waals surface area contributed by atoms with Gasteiger partial charge in [0.25, 0.3) is 0 Å².